The molecule has 0 radical (unpaired) electrons. The zero-order chi connectivity index (χ0) is 24.2. The van der Waals surface area contributed by atoms with Gasteiger partial charge in [0, 0.05) is 18.8 Å². The molecule has 3 rings (SSSR count). The number of sulfonamides is 2. The summed E-state index contributed by atoms with van der Waals surface area (Å²) in [4.78, 5) is 12.6. The fraction of sp³-hybridized carbons (Fsp3) is 0.381. The van der Waals surface area contributed by atoms with Gasteiger partial charge in [0.05, 0.1) is 32.3 Å². The summed E-state index contributed by atoms with van der Waals surface area (Å²) in [7, 11) is -6.27. The Kier molecular flexibility index (Phi) is 7.62. The van der Waals surface area contributed by atoms with Crippen LogP contribution >= 0.6 is 0 Å². The van der Waals surface area contributed by atoms with Gasteiger partial charge in [-0.05, 0) is 42.8 Å². The van der Waals surface area contributed by atoms with E-state index in [1.165, 1.54) is 29.6 Å². The Morgan fingerprint density at radius 2 is 1.82 bits per heavy atom. The second-order valence-corrected chi connectivity index (χ2v) is 11.4. The minimum atomic E-state index is -3.89. The van der Waals surface area contributed by atoms with Crippen molar-refractivity contribution in [3.8, 4) is 5.75 Å². The van der Waals surface area contributed by atoms with Crippen LogP contribution < -0.4 is 14.4 Å². The number of morpholine rings is 1. The number of methoxy groups -OCH3 is 1. The zero-order valence-electron chi connectivity index (χ0n) is 18.6. The topological polar surface area (TPSA) is 122 Å². The van der Waals surface area contributed by atoms with E-state index in [2.05, 4.69) is 5.32 Å². The Morgan fingerprint density at radius 1 is 1.12 bits per heavy atom. The molecule has 2 aromatic rings. The van der Waals surface area contributed by atoms with Crippen molar-refractivity contribution in [2.45, 2.75) is 11.8 Å². The average Bonchev–Trinajstić information content (AvgIpc) is 2.77. The van der Waals surface area contributed by atoms with Gasteiger partial charge in [-0.3, -0.25) is 9.10 Å². The van der Waals surface area contributed by atoms with Crippen LogP contribution in [0.15, 0.2) is 47.4 Å². The summed E-state index contributed by atoms with van der Waals surface area (Å²) in [5.74, 6) is -0.487. The lowest BCUT2D eigenvalue weighted by Gasteiger charge is -2.27. The van der Waals surface area contributed by atoms with E-state index in [4.69, 9.17) is 9.47 Å². The van der Waals surface area contributed by atoms with Gasteiger partial charge in [0.2, 0.25) is 26.0 Å². The van der Waals surface area contributed by atoms with Crippen LogP contribution in [0.1, 0.15) is 5.56 Å². The lowest BCUT2D eigenvalue weighted by atomic mass is 10.2. The first-order chi connectivity index (χ1) is 15.5. The van der Waals surface area contributed by atoms with Gasteiger partial charge in [0.15, 0.2) is 0 Å². The second-order valence-electron chi connectivity index (χ2n) is 7.54. The van der Waals surface area contributed by atoms with Crippen molar-refractivity contribution in [3.05, 3.63) is 48.0 Å². The number of carbonyl (C=O) groups excluding carboxylic acids is 1. The molecule has 1 heterocycles. The molecule has 0 atom stereocenters. The molecule has 0 aromatic heterocycles. The molecule has 33 heavy (non-hydrogen) atoms. The molecule has 180 valence electrons. The van der Waals surface area contributed by atoms with Crippen molar-refractivity contribution in [2.75, 3.05) is 55.8 Å². The molecule has 1 amide bonds. The lowest BCUT2D eigenvalue weighted by Crippen LogP contribution is -2.40. The lowest BCUT2D eigenvalue weighted by molar-refractivity contribution is -0.114. The predicted octanol–water partition coefficient (Wildman–Crippen LogP) is 1.43. The van der Waals surface area contributed by atoms with E-state index in [1.54, 1.807) is 18.2 Å². The first kappa shape index (κ1) is 25.0. The van der Waals surface area contributed by atoms with E-state index in [0.717, 1.165) is 16.1 Å². The average molecular weight is 498 g/mol. The Morgan fingerprint density at radius 3 is 2.42 bits per heavy atom. The largest absolute Gasteiger partial charge is 0.495 e. The molecule has 1 saturated heterocycles. The molecule has 0 saturated carbocycles. The highest BCUT2D eigenvalue weighted by atomic mass is 32.2. The van der Waals surface area contributed by atoms with Crippen molar-refractivity contribution in [1.29, 1.82) is 0 Å². The first-order valence-corrected chi connectivity index (χ1v) is 13.4. The van der Waals surface area contributed by atoms with Gasteiger partial charge in [-0.1, -0.05) is 12.1 Å². The number of ether oxygens (including phenoxy) is 2. The van der Waals surface area contributed by atoms with Crippen molar-refractivity contribution in [3.63, 3.8) is 0 Å². The molecule has 10 nitrogen and oxygen atoms in total. The van der Waals surface area contributed by atoms with Crippen LogP contribution in [-0.4, -0.2) is 73.3 Å². The highest BCUT2D eigenvalue weighted by molar-refractivity contribution is 7.92. The molecule has 1 aliphatic rings. The Labute approximate surface area is 194 Å². The maximum absolute atomic E-state index is 13.1. The Balaban J connectivity index is 1.85. The Hall–Kier alpha value is -2.67. The first-order valence-electron chi connectivity index (χ1n) is 10.1. The maximum Gasteiger partial charge on any atom is 0.246 e. The molecule has 1 N–H and O–H groups in total. The zero-order valence-corrected chi connectivity index (χ0v) is 20.3. The van der Waals surface area contributed by atoms with Crippen LogP contribution in [0.5, 0.6) is 5.75 Å². The number of nitrogens with one attached hydrogen (secondary N) is 1. The van der Waals surface area contributed by atoms with Gasteiger partial charge in [0.25, 0.3) is 0 Å². The number of amides is 1. The fourth-order valence-corrected chi connectivity index (χ4v) is 5.83. The van der Waals surface area contributed by atoms with Gasteiger partial charge in [-0.2, -0.15) is 4.31 Å². The van der Waals surface area contributed by atoms with Crippen molar-refractivity contribution >= 4 is 37.3 Å². The third kappa shape index (κ3) is 6.02. The van der Waals surface area contributed by atoms with E-state index in [0.29, 0.717) is 5.69 Å². The maximum atomic E-state index is 13.1. The summed E-state index contributed by atoms with van der Waals surface area (Å²) in [5, 5.41) is 2.59. The monoisotopic (exact) mass is 497 g/mol. The third-order valence-corrected chi connectivity index (χ3v) is 8.07. The van der Waals surface area contributed by atoms with E-state index < -0.39 is 32.5 Å². The SMILES string of the molecule is COc1ccc(NC(=O)CN(c2cccc(C)c2)S(C)(=O)=O)cc1S(=O)(=O)N1CCOCC1. The standard InChI is InChI=1S/C21H27N3O7S2/c1-16-5-4-6-18(13-16)24(32(3,26)27)15-21(25)22-17-7-8-19(30-2)20(14-17)33(28,29)23-9-11-31-12-10-23/h4-8,13-14H,9-12,15H2,1-3H3,(H,22,25). The van der Waals surface area contributed by atoms with E-state index in [-0.39, 0.29) is 42.6 Å². The summed E-state index contributed by atoms with van der Waals surface area (Å²) in [5.41, 5.74) is 1.40. The van der Waals surface area contributed by atoms with Crippen molar-refractivity contribution in [1.82, 2.24) is 4.31 Å². The second kappa shape index (κ2) is 10.1. The Bertz CT molecular complexity index is 1220. The van der Waals surface area contributed by atoms with Crippen LogP contribution in [-0.2, 0) is 29.6 Å². The molecule has 12 heteroatoms. The summed E-state index contributed by atoms with van der Waals surface area (Å²) in [6.07, 6.45) is 1.02. The molecular formula is C21H27N3O7S2. The number of benzene rings is 2. The highest BCUT2D eigenvalue weighted by Crippen LogP contribution is 2.30. The van der Waals surface area contributed by atoms with Gasteiger partial charge in [0.1, 0.15) is 17.2 Å². The summed E-state index contributed by atoms with van der Waals surface area (Å²) in [6.45, 7) is 2.35. The third-order valence-electron chi connectivity index (χ3n) is 5.01. The predicted molar refractivity (Wildman–Crippen MR) is 125 cm³/mol. The normalized spacial score (nSPS) is 15.1. The van der Waals surface area contributed by atoms with Gasteiger partial charge < -0.3 is 14.8 Å². The number of carbonyl (C=O) groups is 1. The van der Waals surface area contributed by atoms with Crippen molar-refractivity contribution < 1.29 is 31.1 Å². The minimum absolute atomic E-state index is 0.0941. The molecule has 0 aliphatic carbocycles. The molecule has 0 unspecified atom stereocenters. The molecule has 2 aromatic carbocycles. The molecule has 0 bridgehead atoms. The number of rotatable bonds is 8. The van der Waals surface area contributed by atoms with Gasteiger partial charge in [-0.25, -0.2) is 16.8 Å². The van der Waals surface area contributed by atoms with E-state index >= 15 is 0 Å². The molecular weight excluding hydrogens is 470 g/mol. The fourth-order valence-electron chi connectivity index (χ4n) is 3.40. The minimum Gasteiger partial charge on any atom is -0.495 e. The van der Waals surface area contributed by atoms with Gasteiger partial charge >= 0.3 is 0 Å². The summed E-state index contributed by atoms with van der Waals surface area (Å²) in [6, 6.07) is 11.0. The molecule has 1 aliphatic heterocycles. The van der Waals surface area contributed by atoms with Crippen LogP contribution in [0.3, 0.4) is 0 Å². The highest BCUT2D eigenvalue weighted by Gasteiger charge is 2.30. The quantitative estimate of drug-likeness (QED) is 0.585. The number of aryl methyl sites for hydroxylation is 1. The number of nitrogens with zero attached hydrogens (tertiary/aromatic N) is 2. The summed E-state index contributed by atoms with van der Waals surface area (Å²) < 4.78 is 63.6. The van der Waals surface area contributed by atoms with Gasteiger partial charge in [-0.15, -0.1) is 0 Å². The van der Waals surface area contributed by atoms with Crippen LogP contribution in [0.4, 0.5) is 11.4 Å². The molecule has 1 fully saturated rings. The number of anilines is 2. The number of hydrogen-bond acceptors (Lipinski definition) is 7. The summed E-state index contributed by atoms with van der Waals surface area (Å²) >= 11 is 0. The van der Waals surface area contributed by atoms with Crippen LogP contribution in [0.2, 0.25) is 0 Å². The van der Waals surface area contributed by atoms with E-state index in [1.807, 2.05) is 13.0 Å². The van der Waals surface area contributed by atoms with E-state index in [9.17, 15) is 21.6 Å². The smallest absolute Gasteiger partial charge is 0.246 e. The van der Waals surface area contributed by atoms with Crippen LogP contribution in [0.25, 0.3) is 0 Å². The number of hydrogen-bond donors (Lipinski definition) is 1. The van der Waals surface area contributed by atoms with Crippen LogP contribution in [0, 0.1) is 6.92 Å². The molecule has 0 spiro atoms. The van der Waals surface area contributed by atoms with Crippen molar-refractivity contribution in [2.24, 2.45) is 0 Å².